The normalized spacial score (nSPS) is 12.8. The topological polar surface area (TPSA) is 194 Å². The molecule has 0 radical (unpaired) electrons. The van der Waals surface area contributed by atoms with Gasteiger partial charge in [0.2, 0.25) is 0 Å². The lowest BCUT2D eigenvalue weighted by molar-refractivity contribution is 0.537. The molecule has 0 saturated heterocycles. The third kappa shape index (κ3) is 3.69. The second-order valence-corrected chi connectivity index (χ2v) is 8.19. The molecule has 0 aliphatic heterocycles. The Morgan fingerprint density at radius 1 is 0.561 bits per heavy atom. The van der Waals surface area contributed by atoms with Crippen molar-refractivity contribution >= 4 is 33.4 Å². The maximum Gasteiger partial charge on any atom is 0.308 e. The van der Waals surface area contributed by atoms with Crippen molar-refractivity contribution in [2.45, 2.75) is 0 Å². The van der Waals surface area contributed by atoms with Crippen molar-refractivity contribution in [1.29, 1.82) is 31.6 Å². The Morgan fingerprint density at radius 3 is 1.44 bits per heavy atom. The summed E-state index contributed by atoms with van der Waals surface area (Å²) >= 11 is 0. The Bertz CT molecular complexity index is 2080. The molecule has 13 heteroatoms. The van der Waals surface area contributed by atoms with Crippen molar-refractivity contribution in [3.8, 4) is 36.4 Å². The van der Waals surface area contributed by atoms with Crippen molar-refractivity contribution in [3.05, 3.63) is 93.4 Å². The molecule has 1 aromatic carbocycles. The van der Waals surface area contributed by atoms with Gasteiger partial charge in [-0.1, -0.05) is 0 Å². The zero-order chi connectivity index (χ0) is 29.4. The van der Waals surface area contributed by atoms with Crippen LogP contribution in [0.4, 0.5) is 13.2 Å². The summed E-state index contributed by atoms with van der Waals surface area (Å²) in [5.74, 6) is -1.15. The Morgan fingerprint density at radius 2 is 1.00 bits per heavy atom. The van der Waals surface area contributed by atoms with Crippen LogP contribution >= 0.6 is 0 Å². The first-order valence-corrected chi connectivity index (χ1v) is 11.1. The summed E-state index contributed by atoms with van der Waals surface area (Å²) in [7, 11) is 0. The van der Waals surface area contributed by atoms with Gasteiger partial charge in [0.1, 0.15) is 53.4 Å². The number of nitriles is 6. The summed E-state index contributed by atoms with van der Waals surface area (Å²) in [6, 6.07) is 11.7. The van der Waals surface area contributed by atoms with E-state index in [2.05, 4.69) is 19.9 Å². The monoisotopic (exact) mass is 538 g/mol. The lowest BCUT2D eigenvalue weighted by atomic mass is 9.90. The van der Waals surface area contributed by atoms with Gasteiger partial charge in [0.25, 0.3) is 0 Å². The number of allylic oxidation sites excluding steroid dienone is 8. The van der Waals surface area contributed by atoms with Crippen molar-refractivity contribution in [1.82, 2.24) is 19.9 Å². The molecule has 0 unspecified atom stereocenters. The largest absolute Gasteiger partial charge is 0.308 e. The van der Waals surface area contributed by atoms with Crippen LogP contribution in [0.15, 0.2) is 42.0 Å². The van der Waals surface area contributed by atoms with Crippen molar-refractivity contribution < 1.29 is 13.2 Å². The van der Waals surface area contributed by atoms with E-state index in [0.717, 1.165) is 24.8 Å². The fourth-order valence-corrected chi connectivity index (χ4v) is 4.77. The minimum atomic E-state index is -1.15. The van der Waals surface area contributed by atoms with E-state index in [9.17, 15) is 40.4 Å². The van der Waals surface area contributed by atoms with Gasteiger partial charge in [-0.2, -0.15) is 40.4 Å². The molecule has 10 nitrogen and oxygen atoms in total. The first-order chi connectivity index (χ1) is 19.8. The maximum atomic E-state index is 16.7. The first kappa shape index (κ1) is 25.7. The Kier molecular flexibility index (Phi) is 6.11. The van der Waals surface area contributed by atoms with E-state index in [1.54, 1.807) is 24.3 Å². The van der Waals surface area contributed by atoms with Crippen LogP contribution in [0.5, 0.6) is 0 Å². The standard InChI is InChI=1S/C28H5F3N10/c29-26-24-17(20(12(2-32)3-33)22(19(24)7-37)15-10-40-28(31)41-11-15)1-16-18(6-36)21(14-8-38-27(30)39-9-14)23(25(16)26)13(4-34)5-35/h1,8-11H. The van der Waals surface area contributed by atoms with E-state index >= 15 is 4.39 Å². The minimum Gasteiger partial charge on any atom is -0.210 e. The van der Waals surface area contributed by atoms with Crippen LogP contribution in [0.25, 0.3) is 33.4 Å². The third-order valence-corrected chi connectivity index (χ3v) is 6.29. The zero-order valence-electron chi connectivity index (χ0n) is 20.0. The predicted molar refractivity (Wildman–Crippen MR) is 132 cm³/mol. The van der Waals surface area contributed by atoms with Crippen LogP contribution < -0.4 is 0 Å². The average molecular weight is 538 g/mol. The van der Waals surface area contributed by atoms with Gasteiger partial charge in [-0.15, -0.1) is 0 Å². The molecule has 0 atom stereocenters. The van der Waals surface area contributed by atoms with Crippen LogP contribution in [0.1, 0.15) is 33.4 Å². The molecule has 0 saturated carbocycles. The highest BCUT2D eigenvalue weighted by Gasteiger charge is 2.41. The predicted octanol–water partition coefficient (Wildman–Crippen LogP) is 4.18. The molecule has 2 aromatic heterocycles. The second kappa shape index (κ2) is 9.75. The molecular formula is C28H5F3N10. The second-order valence-electron chi connectivity index (χ2n) is 8.19. The van der Waals surface area contributed by atoms with Gasteiger partial charge in [0.05, 0.1) is 11.1 Å². The van der Waals surface area contributed by atoms with Gasteiger partial charge < -0.3 is 0 Å². The number of benzene rings is 1. The fraction of sp³-hybridized carbons (Fsp3) is 0. The molecule has 2 aliphatic rings. The molecular weight excluding hydrogens is 533 g/mol. The van der Waals surface area contributed by atoms with E-state index in [0.29, 0.717) is 0 Å². The van der Waals surface area contributed by atoms with E-state index in [1.165, 1.54) is 6.07 Å². The molecule has 0 amide bonds. The summed E-state index contributed by atoms with van der Waals surface area (Å²) in [5.41, 5.74) is -3.62. The minimum absolute atomic E-state index is 0.0117. The van der Waals surface area contributed by atoms with Gasteiger partial charge in [-0.05, 0) is 11.6 Å². The summed E-state index contributed by atoms with van der Waals surface area (Å²) in [4.78, 5) is 13.8. The number of rotatable bonds is 2. The van der Waals surface area contributed by atoms with E-state index in [1.807, 2.05) is 12.1 Å². The first-order valence-electron chi connectivity index (χ1n) is 11.1. The molecule has 188 valence electrons. The Labute approximate surface area is 228 Å². The molecule has 2 heterocycles. The van der Waals surface area contributed by atoms with Gasteiger partial charge >= 0.3 is 12.2 Å². The number of hydrogen-bond donors (Lipinski definition) is 0. The quantitative estimate of drug-likeness (QED) is 0.337. The zero-order valence-corrected chi connectivity index (χ0v) is 20.0. The van der Waals surface area contributed by atoms with Gasteiger partial charge in [0.15, 0.2) is 0 Å². The van der Waals surface area contributed by atoms with Crippen LogP contribution in [-0.2, 0) is 0 Å². The van der Waals surface area contributed by atoms with Crippen molar-refractivity contribution in [2.24, 2.45) is 0 Å². The Balaban J connectivity index is 1.97. The average Bonchev–Trinajstić information content (AvgIpc) is 3.49. The molecule has 3 aromatic rings. The molecule has 0 fully saturated rings. The summed E-state index contributed by atoms with van der Waals surface area (Å²) < 4.78 is 43.7. The molecule has 2 aliphatic carbocycles. The lowest BCUT2D eigenvalue weighted by Gasteiger charge is -2.12. The third-order valence-electron chi connectivity index (χ3n) is 6.29. The number of fused-ring (bicyclic) bond motifs is 2. The van der Waals surface area contributed by atoms with Gasteiger partial charge in [-0.25, -0.2) is 24.3 Å². The number of hydrogen-bond acceptors (Lipinski definition) is 10. The fourth-order valence-electron chi connectivity index (χ4n) is 4.77. The van der Waals surface area contributed by atoms with Crippen molar-refractivity contribution in [3.63, 3.8) is 0 Å². The van der Waals surface area contributed by atoms with Crippen LogP contribution in [-0.4, -0.2) is 19.9 Å². The summed E-state index contributed by atoms with van der Waals surface area (Å²) in [6.07, 6.45) is 1.75. The number of halogens is 3. The van der Waals surface area contributed by atoms with Gasteiger partial charge in [-0.3, -0.25) is 0 Å². The van der Waals surface area contributed by atoms with E-state index in [-0.39, 0.29) is 55.7 Å². The highest BCUT2D eigenvalue weighted by atomic mass is 19.1. The van der Waals surface area contributed by atoms with E-state index in [4.69, 9.17) is 0 Å². The summed E-state index contributed by atoms with van der Waals surface area (Å²) in [5, 5.41) is 59.2. The van der Waals surface area contributed by atoms with Crippen molar-refractivity contribution in [2.75, 3.05) is 0 Å². The molecule has 41 heavy (non-hydrogen) atoms. The molecule has 0 spiro atoms. The maximum absolute atomic E-state index is 16.7. The molecule has 0 bridgehead atoms. The Hall–Kier alpha value is -6.93. The SMILES string of the molecule is N#CC(C#N)=C1C(c2cnc(F)nc2)=C(C#N)c2c1cc1c(c2F)C(=C(C#N)C#N)C(c2cnc(F)nc2)=C1C#N. The summed E-state index contributed by atoms with van der Waals surface area (Å²) in [6.45, 7) is 0. The van der Waals surface area contributed by atoms with Crippen LogP contribution in [0, 0.1) is 86.0 Å². The van der Waals surface area contributed by atoms with Gasteiger partial charge in [0, 0.05) is 74.9 Å². The highest BCUT2D eigenvalue weighted by Crippen LogP contribution is 2.55. The number of aromatic nitrogens is 4. The highest BCUT2D eigenvalue weighted by molar-refractivity contribution is 6.29. The van der Waals surface area contributed by atoms with E-state index < -0.39 is 40.2 Å². The van der Waals surface area contributed by atoms with Crippen LogP contribution in [0.2, 0.25) is 0 Å². The number of nitrogens with zero attached hydrogens (tertiary/aromatic N) is 10. The lowest BCUT2D eigenvalue weighted by Crippen LogP contribution is -2.01. The van der Waals surface area contributed by atoms with Crippen LogP contribution in [0.3, 0.4) is 0 Å². The smallest absolute Gasteiger partial charge is 0.210 e. The molecule has 0 N–H and O–H groups in total. The molecule has 5 rings (SSSR count).